The van der Waals surface area contributed by atoms with Gasteiger partial charge in [-0.15, -0.1) is 6.58 Å². The zero-order valence-electron chi connectivity index (χ0n) is 14.1. The van der Waals surface area contributed by atoms with Gasteiger partial charge in [-0.3, -0.25) is 0 Å². The predicted molar refractivity (Wildman–Crippen MR) is 89.2 cm³/mol. The fourth-order valence-electron chi connectivity index (χ4n) is 1.70. The summed E-state index contributed by atoms with van der Waals surface area (Å²) in [6, 6.07) is -0.143. The second-order valence-electron chi connectivity index (χ2n) is 5.31. The van der Waals surface area contributed by atoms with Gasteiger partial charge < -0.3 is 15.0 Å². The van der Waals surface area contributed by atoms with Gasteiger partial charge in [-0.25, -0.2) is 4.79 Å². The van der Waals surface area contributed by atoms with Crippen LogP contribution in [0.25, 0.3) is 0 Å². The van der Waals surface area contributed by atoms with Crippen molar-refractivity contribution in [1.82, 2.24) is 10.2 Å². The molecule has 0 fully saturated rings. The van der Waals surface area contributed by atoms with Crippen LogP contribution < -0.4 is 5.32 Å². The number of rotatable bonds is 9. The van der Waals surface area contributed by atoms with Crippen molar-refractivity contribution in [2.24, 2.45) is 0 Å². The Morgan fingerprint density at radius 1 is 1.38 bits per heavy atom. The molecular formula is C17H30N2O2. The van der Waals surface area contributed by atoms with Gasteiger partial charge in [-0.05, 0) is 45.3 Å². The number of hydrogen-bond donors (Lipinski definition) is 1. The summed E-state index contributed by atoms with van der Waals surface area (Å²) in [5.74, 6) is 0. The molecule has 1 N–H and O–H groups in total. The highest BCUT2D eigenvalue weighted by Crippen LogP contribution is 2.08. The lowest BCUT2D eigenvalue weighted by molar-refractivity contribution is 0.179. The van der Waals surface area contributed by atoms with Gasteiger partial charge in [0.25, 0.3) is 0 Å². The summed E-state index contributed by atoms with van der Waals surface area (Å²) in [5, 5.41) is 2.99. The highest BCUT2D eigenvalue weighted by molar-refractivity contribution is 5.74. The van der Waals surface area contributed by atoms with Gasteiger partial charge in [0.05, 0.1) is 18.4 Å². The van der Waals surface area contributed by atoms with Crippen molar-refractivity contribution < 1.29 is 9.53 Å². The predicted octanol–water partition coefficient (Wildman–Crippen LogP) is 3.87. The number of carbonyl (C=O) groups is 1. The average molecular weight is 294 g/mol. The van der Waals surface area contributed by atoms with Crippen molar-refractivity contribution in [1.29, 1.82) is 0 Å². The van der Waals surface area contributed by atoms with Gasteiger partial charge in [0.1, 0.15) is 0 Å². The normalized spacial score (nSPS) is 13.3. The number of ether oxygens (including phenoxy) is 1. The van der Waals surface area contributed by atoms with Gasteiger partial charge >= 0.3 is 6.03 Å². The first-order valence-electron chi connectivity index (χ1n) is 7.56. The van der Waals surface area contributed by atoms with E-state index in [1.807, 2.05) is 39.0 Å². The topological polar surface area (TPSA) is 41.6 Å². The van der Waals surface area contributed by atoms with E-state index in [0.29, 0.717) is 0 Å². The SMILES string of the molecule is C=CC/C=C(\C=C\OC(C)C)[C@@H](C)NC(=O)N(C)CCC. The number of urea groups is 1. The molecule has 0 aromatic heterocycles. The summed E-state index contributed by atoms with van der Waals surface area (Å²) in [6.07, 6.45) is 9.29. The molecule has 0 aromatic rings. The number of amides is 2. The number of nitrogens with one attached hydrogen (secondary N) is 1. The number of hydrogen-bond acceptors (Lipinski definition) is 2. The zero-order chi connectivity index (χ0) is 16.3. The van der Waals surface area contributed by atoms with Crippen molar-refractivity contribution in [3.8, 4) is 0 Å². The molecule has 0 bridgehead atoms. The third kappa shape index (κ3) is 8.95. The van der Waals surface area contributed by atoms with Crippen LogP contribution in [0, 0.1) is 0 Å². The maximum absolute atomic E-state index is 12.0. The van der Waals surface area contributed by atoms with Crippen LogP contribution in [0.1, 0.15) is 40.5 Å². The van der Waals surface area contributed by atoms with Gasteiger partial charge in [0, 0.05) is 13.6 Å². The Kier molecular flexibility index (Phi) is 10.1. The lowest BCUT2D eigenvalue weighted by Gasteiger charge is -2.21. The molecule has 0 aliphatic rings. The lowest BCUT2D eigenvalue weighted by atomic mass is 10.1. The fraction of sp³-hybridized carbons (Fsp3) is 0.588. The minimum absolute atomic E-state index is 0.0629. The van der Waals surface area contributed by atoms with Crippen molar-refractivity contribution in [3.05, 3.63) is 36.6 Å². The van der Waals surface area contributed by atoms with E-state index in [0.717, 1.165) is 25.0 Å². The van der Waals surface area contributed by atoms with Crippen LogP contribution in [0.2, 0.25) is 0 Å². The van der Waals surface area contributed by atoms with Crippen LogP contribution in [0.5, 0.6) is 0 Å². The van der Waals surface area contributed by atoms with E-state index in [1.165, 1.54) is 0 Å². The Hall–Kier alpha value is -1.71. The minimum atomic E-state index is -0.0798. The summed E-state index contributed by atoms with van der Waals surface area (Å²) in [7, 11) is 1.80. The number of carbonyl (C=O) groups excluding carboxylic acids is 1. The minimum Gasteiger partial charge on any atom is -0.499 e. The smallest absolute Gasteiger partial charge is 0.317 e. The zero-order valence-corrected chi connectivity index (χ0v) is 14.1. The molecule has 0 radical (unpaired) electrons. The standard InChI is InChI=1S/C17H30N2O2/c1-7-9-10-16(11-13-21-14(3)4)15(5)18-17(20)19(6)12-8-2/h7,10-11,13-15H,1,8-9,12H2,2-6H3,(H,18,20)/b13-11+,16-10+/t15-/m1/s1. The molecule has 1 atom stereocenters. The molecular weight excluding hydrogens is 264 g/mol. The summed E-state index contributed by atoms with van der Waals surface area (Å²) < 4.78 is 5.42. The molecule has 0 spiro atoms. The van der Waals surface area contributed by atoms with Crippen molar-refractivity contribution in [2.45, 2.75) is 52.7 Å². The van der Waals surface area contributed by atoms with Gasteiger partial charge in [-0.1, -0.05) is 19.1 Å². The van der Waals surface area contributed by atoms with Crippen molar-refractivity contribution >= 4 is 6.03 Å². The van der Waals surface area contributed by atoms with Crippen LogP contribution in [-0.4, -0.2) is 36.7 Å². The first kappa shape index (κ1) is 19.3. The molecule has 0 aromatic carbocycles. The summed E-state index contributed by atoms with van der Waals surface area (Å²) >= 11 is 0. The molecule has 0 heterocycles. The number of nitrogens with zero attached hydrogens (tertiary/aromatic N) is 1. The highest BCUT2D eigenvalue weighted by atomic mass is 16.5. The van der Waals surface area contributed by atoms with Crippen LogP contribution >= 0.6 is 0 Å². The third-order valence-electron chi connectivity index (χ3n) is 2.88. The van der Waals surface area contributed by atoms with Gasteiger partial charge in [0.2, 0.25) is 0 Å². The van der Waals surface area contributed by atoms with E-state index in [1.54, 1.807) is 18.2 Å². The van der Waals surface area contributed by atoms with Crippen LogP contribution in [0.15, 0.2) is 36.6 Å². The largest absolute Gasteiger partial charge is 0.499 e. The van der Waals surface area contributed by atoms with E-state index in [2.05, 4.69) is 18.8 Å². The molecule has 4 heteroatoms. The summed E-state index contributed by atoms with van der Waals surface area (Å²) in [4.78, 5) is 13.7. The maximum atomic E-state index is 12.0. The molecule has 0 saturated carbocycles. The van der Waals surface area contributed by atoms with Crippen LogP contribution in [-0.2, 0) is 4.74 Å². The molecule has 21 heavy (non-hydrogen) atoms. The summed E-state index contributed by atoms with van der Waals surface area (Å²) in [6.45, 7) is 12.4. The Bertz CT molecular complexity index is 373. The average Bonchev–Trinajstić information content (AvgIpc) is 2.42. The molecule has 4 nitrogen and oxygen atoms in total. The third-order valence-corrected chi connectivity index (χ3v) is 2.88. The first-order chi connectivity index (χ1) is 9.92. The van der Waals surface area contributed by atoms with E-state index in [-0.39, 0.29) is 18.2 Å². The van der Waals surface area contributed by atoms with E-state index in [4.69, 9.17) is 4.74 Å². The lowest BCUT2D eigenvalue weighted by Crippen LogP contribution is -2.42. The van der Waals surface area contributed by atoms with E-state index < -0.39 is 0 Å². The molecule has 120 valence electrons. The fourth-order valence-corrected chi connectivity index (χ4v) is 1.70. The first-order valence-corrected chi connectivity index (χ1v) is 7.56. The Morgan fingerprint density at radius 2 is 2.05 bits per heavy atom. The molecule has 0 rings (SSSR count). The Balaban J connectivity index is 4.71. The van der Waals surface area contributed by atoms with Crippen LogP contribution in [0.4, 0.5) is 4.79 Å². The highest BCUT2D eigenvalue weighted by Gasteiger charge is 2.13. The van der Waals surface area contributed by atoms with Crippen molar-refractivity contribution in [2.75, 3.05) is 13.6 Å². The summed E-state index contributed by atoms with van der Waals surface area (Å²) in [5.41, 5.74) is 1.01. The second kappa shape index (κ2) is 11.0. The quantitative estimate of drug-likeness (QED) is 0.398. The van der Waals surface area contributed by atoms with E-state index in [9.17, 15) is 4.79 Å². The monoisotopic (exact) mass is 294 g/mol. The Morgan fingerprint density at radius 3 is 2.57 bits per heavy atom. The number of allylic oxidation sites excluding steroid dienone is 2. The maximum Gasteiger partial charge on any atom is 0.317 e. The molecule has 0 unspecified atom stereocenters. The molecule has 0 saturated heterocycles. The second-order valence-corrected chi connectivity index (χ2v) is 5.31. The van der Waals surface area contributed by atoms with Crippen LogP contribution in [0.3, 0.4) is 0 Å². The van der Waals surface area contributed by atoms with Gasteiger partial charge in [-0.2, -0.15) is 0 Å². The van der Waals surface area contributed by atoms with Gasteiger partial charge in [0.15, 0.2) is 0 Å². The molecule has 0 aliphatic heterocycles. The van der Waals surface area contributed by atoms with Crippen molar-refractivity contribution in [3.63, 3.8) is 0 Å². The Labute approximate surface area is 129 Å². The van der Waals surface area contributed by atoms with E-state index >= 15 is 0 Å². The molecule has 2 amide bonds. The molecule has 0 aliphatic carbocycles.